The average molecular weight is 395 g/mol. The van der Waals surface area contributed by atoms with Gasteiger partial charge in [0, 0.05) is 24.5 Å². The van der Waals surface area contributed by atoms with Crippen molar-refractivity contribution in [2.45, 2.75) is 19.0 Å². The Labute approximate surface area is 168 Å². The Morgan fingerprint density at radius 3 is 2.82 bits per heavy atom. The molecule has 0 fully saturated rings. The molecular weight excluding hydrogens is 372 g/mol. The highest BCUT2D eigenvalue weighted by atomic mass is 32.1. The predicted molar refractivity (Wildman–Crippen MR) is 109 cm³/mol. The number of aromatic nitrogens is 2. The summed E-state index contributed by atoms with van der Waals surface area (Å²) in [5.74, 6) is 0.155. The third-order valence-corrected chi connectivity index (χ3v) is 6.02. The van der Waals surface area contributed by atoms with Crippen molar-refractivity contribution in [1.82, 2.24) is 15.1 Å². The molecule has 28 heavy (non-hydrogen) atoms. The highest BCUT2D eigenvalue weighted by molar-refractivity contribution is 7.10. The van der Waals surface area contributed by atoms with Crippen LogP contribution in [0.5, 0.6) is 0 Å². The van der Waals surface area contributed by atoms with E-state index in [-0.39, 0.29) is 11.7 Å². The Hall–Kier alpha value is -2.77. The third-order valence-electron chi connectivity index (χ3n) is 5.00. The molecule has 1 atom stereocenters. The maximum atomic E-state index is 11.5. The fraction of sp³-hybridized carbons (Fsp3) is 0.286. The molecule has 1 aliphatic rings. The Balaban J connectivity index is 1.49. The minimum atomic E-state index is -0.485. The first-order valence-electron chi connectivity index (χ1n) is 9.25. The molecule has 3 heterocycles. The van der Waals surface area contributed by atoms with Gasteiger partial charge >= 0.3 is 5.97 Å². The van der Waals surface area contributed by atoms with Crippen LogP contribution in [0, 0.1) is 0 Å². The van der Waals surface area contributed by atoms with Crippen LogP contribution >= 0.6 is 11.3 Å². The Bertz CT molecular complexity index is 927. The molecule has 0 unspecified atom stereocenters. The molecule has 0 spiro atoms. The predicted octanol–water partition coefficient (Wildman–Crippen LogP) is 3.54. The summed E-state index contributed by atoms with van der Waals surface area (Å²) >= 11 is 1.85. The van der Waals surface area contributed by atoms with E-state index in [9.17, 15) is 4.79 Å². The largest absolute Gasteiger partial charge is 0.464 e. The van der Waals surface area contributed by atoms with E-state index in [4.69, 9.17) is 0 Å². The van der Waals surface area contributed by atoms with Crippen molar-refractivity contribution in [2.75, 3.05) is 25.5 Å². The maximum Gasteiger partial charge on any atom is 0.358 e. The number of fused-ring (bicyclic) bond motifs is 1. The number of methoxy groups -OCH3 is 1. The lowest BCUT2D eigenvalue weighted by molar-refractivity contribution is 0.0593. The summed E-state index contributed by atoms with van der Waals surface area (Å²) in [6.07, 6.45) is 1.09. The standard InChI is InChI=1S/C21H22N4O2S/c1-27-21(26)17-7-8-20(24-23-17)22-13-18(15-5-3-2-4-6-15)25-11-9-19-16(14-25)10-12-28-19/h2-8,10,12,18H,9,11,13-14H2,1H3,(H,22,24)/t18-/m1/s1. The van der Waals surface area contributed by atoms with E-state index in [2.05, 4.69) is 60.9 Å². The van der Waals surface area contributed by atoms with Crippen molar-refractivity contribution in [3.05, 3.63) is 75.6 Å². The highest BCUT2D eigenvalue weighted by Crippen LogP contribution is 2.30. The van der Waals surface area contributed by atoms with E-state index in [1.165, 1.54) is 23.1 Å². The zero-order valence-electron chi connectivity index (χ0n) is 15.7. The van der Waals surface area contributed by atoms with Crippen LogP contribution in [0.4, 0.5) is 5.82 Å². The topological polar surface area (TPSA) is 67.3 Å². The van der Waals surface area contributed by atoms with Crippen LogP contribution in [0.3, 0.4) is 0 Å². The lowest BCUT2D eigenvalue weighted by atomic mass is 10.0. The van der Waals surface area contributed by atoms with E-state index in [0.717, 1.165) is 19.5 Å². The summed E-state index contributed by atoms with van der Waals surface area (Å²) < 4.78 is 4.67. The number of ether oxygens (including phenoxy) is 1. The van der Waals surface area contributed by atoms with Crippen LogP contribution in [-0.4, -0.2) is 41.3 Å². The summed E-state index contributed by atoms with van der Waals surface area (Å²) in [5.41, 5.74) is 2.90. The number of thiophene rings is 1. The number of hydrogen-bond acceptors (Lipinski definition) is 7. The second-order valence-electron chi connectivity index (χ2n) is 6.69. The Morgan fingerprint density at radius 2 is 2.07 bits per heavy atom. The lowest BCUT2D eigenvalue weighted by Crippen LogP contribution is -2.37. The van der Waals surface area contributed by atoms with Crippen LogP contribution in [0.15, 0.2) is 53.9 Å². The second-order valence-corrected chi connectivity index (χ2v) is 7.69. The molecule has 1 aliphatic heterocycles. The van der Waals surface area contributed by atoms with Crippen molar-refractivity contribution >= 4 is 23.1 Å². The minimum Gasteiger partial charge on any atom is -0.464 e. The van der Waals surface area contributed by atoms with E-state index >= 15 is 0 Å². The van der Waals surface area contributed by atoms with E-state index in [1.54, 1.807) is 12.1 Å². The number of anilines is 1. The molecule has 4 rings (SSSR count). The normalized spacial score (nSPS) is 14.9. The van der Waals surface area contributed by atoms with Crippen LogP contribution in [0.1, 0.15) is 32.5 Å². The van der Waals surface area contributed by atoms with Gasteiger partial charge in [0.2, 0.25) is 0 Å². The number of nitrogens with one attached hydrogen (secondary N) is 1. The summed E-state index contributed by atoms with van der Waals surface area (Å²) in [7, 11) is 1.33. The quantitative estimate of drug-likeness (QED) is 0.645. The van der Waals surface area contributed by atoms with Crippen LogP contribution in [0.25, 0.3) is 0 Å². The molecule has 0 radical (unpaired) electrons. The van der Waals surface area contributed by atoms with Gasteiger partial charge in [-0.1, -0.05) is 30.3 Å². The average Bonchev–Trinajstić information content (AvgIpc) is 3.22. The maximum absolute atomic E-state index is 11.5. The first-order chi connectivity index (χ1) is 13.7. The Kier molecular flexibility index (Phi) is 5.64. The van der Waals surface area contributed by atoms with Gasteiger partial charge in [-0.05, 0) is 41.1 Å². The van der Waals surface area contributed by atoms with E-state index < -0.39 is 5.97 Å². The molecule has 3 aromatic rings. The molecule has 6 nitrogen and oxygen atoms in total. The SMILES string of the molecule is COC(=O)c1ccc(NC[C@H](c2ccccc2)N2CCc3sccc3C2)nn1. The minimum absolute atomic E-state index is 0.202. The number of esters is 1. The molecule has 0 aliphatic carbocycles. The number of carbonyl (C=O) groups is 1. The Morgan fingerprint density at radius 1 is 1.21 bits per heavy atom. The number of nitrogens with zero attached hydrogens (tertiary/aromatic N) is 3. The lowest BCUT2D eigenvalue weighted by Gasteiger charge is -2.35. The molecule has 1 aromatic carbocycles. The van der Waals surface area contributed by atoms with Gasteiger partial charge in [0.25, 0.3) is 0 Å². The van der Waals surface area contributed by atoms with Gasteiger partial charge in [-0.3, -0.25) is 4.90 Å². The summed E-state index contributed by atoms with van der Waals surface area (Å²) in [4.78, 5) is 15.5. The van der Waals surface area contributed by atoms with E-state index in [0.29, 0.717) is 12.4 Å². The van der Waals surface area contributed by atoms with Gasteiger partial charge in [-0.15, -0.1) is 21.5 Å². The van der Waals surface area contributed by atoms with Crippen LogP contribution in [-0.2, 0) is 17.7 Å². The second kappa shape index (κ2) is 8.50. The zero-order chi connectivity index (χ0) is 19.3. The molecule has 0 saturated carbocycles. The monoisotopic (exact) mass is 394 g/mol. The molecule has 2 aromatic heterocycles. The third kappa shape index (κ3) is 4.05. The summed E-state index contributed by atoms with van der Waals surface area (Å²) in [6, 6.07) is 16.4. The van der Waals surface area contributed by atoms with Gasteiger partial charge in [0.1, 0.15) is 5.82 Å². The van der Waals surface area contributed by atoms with Gasteiger partial charge in [-0.25, -0.2) is 4.79 Å². The molecule has 0 saturated heterocycles. The smallest absolute Gasteiger partial charge is 0.358 e. The molecule has 1 N–H and O–H groups in total. The number of benzene rings is 1. The molecular formula is C21H22N4O2S. The number of hydrogen-bond donors (Lipinski definition) is 1. The van der Waals surface area contributed by atoms with Crippen molar-refractivity contribution in [2.24, 2.45) is 0 Å². The van der Waals surface area contributed by atoms with Crippen LogP contribution in [0.2, 0.25) is 0 Å². The fourth-order valence-electron chi connectivity index (χ4n) is 3.51. The number of rotatable bonds is 6. The first-order valence-corrected chi connectivity index (χ1v) is 10.1. The summed E-state index contributed by atoms with van der Waals surface area (Å²) in [5, 5.41) is 13.6. The van der Waals surface area contributed by atoms with Crippen molar-refractivity contribution < 1.29 is 9.53 Å². The molecule has 0 bridgehead atoms. The van der Waals surface area contributed by atoms with Crippen molar-refractivity contribution in [3.63, 3.8) is 0 Å². The van der Waals surface area contributed by atoms with Crippen LogP contribution < -0.4 is 5.32 Å². The van der Waals surface area contributed by atoms with E-state index in [1.807, 2.05) is 17.4 Å². The van der Waals surface area contributed by atoms with Gasteiger partial charge < -0.3 is 10.1 Å². The first kappa shape index (κ1) is 18.6. The van der Waals surface area contributed by atoms with Gasteiger partial charge in [0.15, 0.2) is 5.69 Å². The van der Waals surface area contributed by atoms with Gasteiger partial charge in [-0.2, -0.15) is 0 Å². The summed E-state index contributed by atoms with van der Waals surface area (Å²) in [6.45, 7) is 2.68. The molecule has 7 heteroatoms. The number of carbonyl (C=O) groups excluding carboxylic acids is 1. The molecule has 144 valence electrons. The molecule has 0 amide bonds. The highest BCUT2D eigenvalue weighted by Gasteiger charge is 2.25. The zero-order valence-corrected chi connectivity index (χ0v) is 16.5. The van der Waals surface area contributed by atoms with Gasteiger partial charge in [0.05, 0.1) is 13.2 Å². The van der Waals surface area contributed by atoms with Crippen molar-refractivity contribution in [1.29, 1.82) is 0 Å². The fourth-order valence-corrected chi connectivity index (χ4v) is 4.40. The van der Waals surface area contributed by atoms with Crippen molar-refractivity contribution in [3.8, 4) is 0 Å².